The van der Waals surface area contributed by atoms with Crippen LogP contribution in [0, 0.1) is 5.41 Å². The molecular formula is C26H37N5O3. The molecular weight excluding hydrogens is 430 g/mol. The van der Waals surface area contributed by atoms with E-state index >= 15 is 0 Å². The van der Waals surface area contributed by atoms with Crippen molar-refractivity contribution in [2.75, 3.05) is 5.32 Å². The summed E-state index contributed by atoms with van der Waals surface area (Å²) in [5, 5.41) is 18.1. The third kappa shape index (κ3) is 4.43. The molecule has 1 aromatic heterocycles. The van der Waals surface area contributed by atoms with Crippen LogP contribution in [0.15, 0.2) is 18.2 Å². The van der Waals surface area contributed by atoms with Gasteiger partial charge in [-0.25, -0.2) is 4.68 Å². The van der Waals surface area contributed by atoms with Crippen LogP contribution in [0.3, 0.4) is 0 Å². The molecule has 34 heavy (non-hydrogen) atoms. The van der Waals surface area contributed by atoms with Crippen molar-refractivity contribution < 1.29 is 14.7 Å². The topological polar surface area (TPSA) is 136 Å². The molecule has 0 saturated heterocycles. The molecule has 0 bridgehead atoms. The number of hydrogen-bond donors (Lipinski definition) is 4. The van der Waals surface area contributed by atoms with Gasteiger partial charge in [-0.15, -0.1) is 0 Å². The number of nitrogens with two attached hydrogens (primary N) is 2. The minimum absolute atomic E-state index is 0.185. The first-order valence-corrected chi connectivity index (χ1v) is 12.4. The summed E-state index contributed by atoms with van der Waals surface area (Å²) >= 11 is 0. The maximum atomic E-state index is 12.3. The smallest absolute Gasteiger partial charge is 0.322 e. The van der Waals surface area contributed by atoms with Gasteiger partial charge in [0.1, 0.15) is 6.04 Å². The fourth-order valence-electron chi connectivity index (χ4n) is 5.69. The van der Waals surface area contributed by atoms with Crippen LogP contribution in [0.5, 0.6) is 0 Å². The second-order valence-corrected chi connectivity index (χ2v) is 10.7. The van der Waals surface area contributed by atoms with E-state index in [1.807, 2.05) is 16.8 Å². The molecule has 8 heteroatoms. The number of carbonyl (C=O) groups is 2. The largest absolute Gasteiger partial charge is 0.480 e. The number of carboxylic acids is 1. The predicted octanol–water partition coefficient (Wildman–Crippen LogP) is 3.58. The summed E-state index contributed by atoms with van der Waals surface area (Å²) in [7, 11) is 0. The van der Waals surface area contributed by atoms with Crippen LogP contribution >= 0.6 is 0 Å². The van der Waals surface area contributed by atoms with Gasteiger partial charge >= 0.3 is 5.97 Å². The highest BCUT2D eigenvalue weighted by atomic mass is 16.4. The summed E-state index contributed by atoms with van der Waals surface area (Å²) in [6.45, 7) is 6.68. The molecule has 2 aliphatic rings. The van der Waals surface area contributed by atoms with Gasteiger partial charge in [-0.1, -0.05) is 40.0 Å². The number of amides is 1. The lowest BCUT2D eigenvalue weighted by Crippen LogP contribution is -2.58. The second kappa shape index (κ2) is 9.06. The zero-order valence-electron chi connectivity index (χ0n) is 20.5. The average Bonchev–Trinajstić information content (AvgIpc) is 3.15. The highest BCUT2D eigenvalue weighted by Crippen LogP contribution is 2.39. The Morgan fingerprint density at radius 2 is 1.91 bits per heavy atom. The number of primary amides is 1. The Bertz CT molecular complexity index is 1100. The standard InChI is InChI=1S/C26H37N5O3/c1-4-19-17-10-13-25(2,3)15-21(17)31(30-19)16-8-9-18(23(28)32)20(14-16)29-26(22(27)24(33)34)11-6-5-7-12-26/h8-9,14,22,29H,4-7,10-13,15,27H2,1-3H3,(H2,28,32)(H,33,34)/t22-/m1/s1. The Hall–Kier alpha value is -2.87. The van der Waals surface area contributed by atoms with E-state index in [2.05, 4.69) is 26.1 Å². The fourth-order valence-corrected chi connectivity index (χ4v) is 5.69. The summed E-state index contributed by atoms with van der Waals surface area (Å²) in [6, 6.07) is 4.35. The van der Waals surface area contributed by atoms with Crippen LogP contribution in [-0.4, -0.2) is 38.3 Å². The number of aliphatic carboxylic acids is 1. The van der Waals surface area contributed by atoms with Gasteiger partial charge in [-0.05, 0) is 67.7 Å². The molecule has 0 radical (unpaired) electrons. The van der Waals surface area contributed by atoms with E-state index in [1.54, 1.807) is 6.07 Å². The zero-order chi connectivity index (χ0) is 24.7. The van der Waals surface area contributed by atoms with Crippen LogP contribution in [0.4, 0.5) is 5.69 Å². The molecule has 2 aliphatic carbocycles. The Kier molecular flexibility index (Phi) is 6.46. The highest BCUT2D eigenvalue weighted by molar-refractivity contribution is 5.99. The Morgan fingerprint density at radius 3 is 2.53 bits per heavy atom. The molecule has 184 valence electrons. The lowest BCUT2D eigenvalue weighted by atomic mass is 9.76. The number of aromatic nitrogens is 2. The summed E-state index contributed by atoms with van der Waals surface area (Å²) in [5.74, 6) is -1.62. The molecule has 6 N–H and O–H groups in total. The minimum atomic E-state index is -1.10. The van der Waals surface area contributed by atoms with Crippen LogP contribution in [0.25, 0.3) is 5.69 Å². The monoisotopic (exact) mass is 467 g/mol. The van der Waals surface area contributed by atoms with Crippen molar-refractivity contribution in [3.63, 3.8) is 0 Å². The number of carboxylic acid groups (broad SMARTS) is 1. The van der Waals surface area contributed by atoms with Gasteiger partial charge in [-0.3, -0.25) is 9.59 Å². The third-order valence-electron chi connectivity index (χ3n) is 7.71. The Labute approximate surface area is 201 Å². The van der Waals surface area contributed by atoms with Crippen LogP contribution in [0.1, 0.15) is 86.6 Å². The molecule has 4 rings (SSSR count). The number of benzene rings is 1. The number of anilines is 1. The first-order valence-electron chi connectivity index (χ1n) is 12.4. The van der Waals surface area contributed by atoms with Gasteiger partial charge in [0.15, 0.2) is 0 Å². The molecule has 2 aromatic rings. The van der Waals surface area contributed by atoms with Crippen molar-refractivity contribution in [1.29, 1.82) is 0 Å². The van der Waals surface area contributed by atoms with Crippen molar-refractivity contribution in [3.8, 4) is 5.69 Å². The number of nitrogens with one attached hydrogen (secondary N) is 1. The molecule has 1 atom stereocenters. The van der Waals surface area contributed by atoms with Crippen molar-refractivity contribution in [2.24, 2.45) is 16.9 Å². The summed E-state index contributed by atoms with van der Waals surface area (Å²) < 4.78 is 2.00. The maximum Gasteiger partial charge on any atom is 0.322 e. The zero-order valence-corrected chi connectivity index (χ0v) is 20.5. The number of carbonyl (C=O) groups excluding carboxylic acids is 1. The van der Waals surface area contributed by atoms with Crippen molar-refractivity contribution in [2.45, 2.75) is 90.1 Å². The molecule has 1 aromatic carbocycles. The van der Waals surface area contributed by atoms with E-state index in [-0.39, 0.29) is 5.41 Å². The molecule has 0 spiro atoms. The number of nitrogens with zero attached hydrogens (tertiary/aromatic N) is 2. The maximum absolute atomic E-state index is 12.3. The van der Waals surface area contributed by atoms with Crippen molar-refractivity contribution in [3.05, 3.63) is 40.7 Å². The Morgan fingerprint density at radius 1 is 1.21 bits per heavy atom. The van der Waals surface area contributed by atoms with Crippen LogP contribution < -0.4 is 16.8 Å². The van der Waals surface area contributed by atoms with Gasteiger partial charge < -0.3 is 21.9 Å². The quantitative estimate of drug-likeness (QED) is 0.491. The lowest BCUT2D eigenvalue weighted by Gasteiger charge is -2.42. The summed E-state index contributed by atoms with van der Waals surface area (Å²) in [4.78, 5) is 24.2. The minimum Gasteiger partial charge on any atom is -0.480 e. The number of fused-ring (bicyclic) bond motifs is 1. The normalized spacial score (nSPS) is 19.8. The lowest BCUT2D eigenvalue weighted by molar-refractivity contribution is -0.140. The molecule has 0 unspecified atom stereocenters. The van der Waals surface area contributed by atoms with Crippen LogP contribution in [-0.2, 0) is 24.1 Å². The van der Waals surface area contributed by atoms with E-state index in [4.69, 9.17) is 16.6 Å². The number of hydrogen-bond acceptors (Lipinski definition) is 5. The van der Waals surface area contributed by atoms with Gasteiger partial charge in [0, 0.05) is 11.4 Å². The molecule has 1 heterocycles. The van der Waals surface area contributed by atoms with E-state index in [0.29, 0.717) is 24.1 Å². The second-order valence-electron chi connectivity index (χ2n) is 10.7. The molecule has 1 amide bonds. The van der Waals surface area contributed by atoms with Gasteiger partial charge in [0.05, 0.1) is 22.5 Å². The van der Waals surface area contributed by atoms with Crippen LogP contribution in [0.2, 0.25) is 0 Å². The summed E-state index contributed by atoms with van der Waals surface area (Å²) in [5.41, 5.74) is 16.6. The van der Waals surface area contributed by atoms with E-state index in [1.165, 1.54) is 11.3 Å². The first-order chi connectivity index (χ1) is 16.1. The predicted molar refractivity (Wildman–Crippen MR) is 132 cm³/mol. The van der Waals surface area contributed by atoms with E-state index in [0.717, 1.165) is 56.3 Å². The molecule has 8 nitrogen and oxygen atoms in total. The average molecular weight is 468 g/mol. The first kappa shape index (κ1) is 24.3. The number of aryl methyl sites for hydroxylation is 1. The van der Waals surface area contributed by atoms with E-state index in [9.17, 15) is 14.7 Å². The van der Waals surface area contributed by atoms with Crippen molar-refractivity contribution in [1.82, 2.24) is 9.78 Å². The van der Waals surface area contributed by atoms with E-state index < -0.39 is 23.5 Å². The number of rotatable bonds is 7. The molecule has 0 aliphatic heterocycles. The third-order valence-corrected chi connectivity index (χ3v) is 7.71. The van der Waals surface area contributed by atoms with Gasteiger partial charge in [0.25, 0.3) is 5.91 Å². The van der Waals surface area contributed by atoms with Gasteiger partial charge in [-0.2, -0.15) is 5.10 Å². The molecule has 1 fully saturated rings. The Balaban J connectivity index is 1.81. The van der Waals surface area contributed by atoms with Gasteiger partial charge in [0.2, 0.25) is 0 Å². The summed E-state index contributed by atoms with van der Waals surface area (Å²) in [6.07, 6.45) is 7.94. The van der Waals surface area contributed by atoms with Crippen molar-refractivity contribution >= 4 is 17.6 Å². The SMILES string of the molecule is CCc1nn(-c2ccc(C(N)=O)c(NC3([C@H](N)C(=O)O)CCCCC3)c2)c2c1CCC(C)(C)C2. The fraction of sp³-hybridized carbons (Fsp3) is 0.577. The highest BCUT2D eigenvalue weighted by Gasteiger charge is 2.42. The molecule has 1 saturated carbocycles.